The van der Waals surface area contributed by atoms with Gasteiger partial charge in [-0.2, -0.15) is 0 Å². The molecule has 0 aliphatic rings. The first-order valence-corrected chi connectivity index (χ1v) is 7.27. The van der Waals surface area contributed by atoms with Gasteiger partial charge >= 0.3 is 51.4 Å². The Morgan fingerprint density at radius 3 is 2.79 bits per heavy atom. The number of pyridine rings is 1. The molecule has 24 heavy (non-hydrogen) atoms. The molecule has 0 bridgehead atoms. The van der Waals surface area contributed by atoms with Crippen molar-refractivity contribution in [1.29, 1.82) is 0 Å². The van der Waals surface area contributed by atoms with E-state index in [1.807, 2.05) is 0 Å². The van der Waals surface area contributed by atoms with Crippen molar-refractivity contribution in [3.05, 3.63) is 47.9 Å². The maximum absolute atomic E-state index is 13.2. The topological polar surface area (TPSA) is 91.3 Å². The number of nitrogens with zero attached hydrogens (tertiary/aromatic N) is 1. The van der Waals surface area contributed by atoms with E-state index in [1.54, 1.807) is 0 Å². The molecule has 9 heteroatoms. The molecule has 0 amide bonds. The van der Waals surface area contributed by atoms with E-state index in [0.717, 1.165) is 0 Å². The van der Waals surface area contributed by atoms with Gasteiger partial charge in [0.15, 0.2) is 0 Å². The summed E-state index contributed by atoms with van der Waals surface area (Å²) in [6, 6.07) is 6.61. The summed E-state index contributed by atoms with van der Waals surface area (Å²) in [6.07, 6.45) is 1.38. The first-order valence-electron chi connectivity index (χ1n) is 6.45. The summed E-state index contributed by atoms with van der Waals surface area (Å²) in [5.41, 5.74) is 0.164. The van der Waals surface area contributed by atoms with E-state index < -0.39 is 16.9 Å². The van der Waals surface area contributed by atoms with Crippen LogP contribution in [-0.2, 0) is 4.79 Å². The van der Waals surface area contributed by atoms with E-state index >= 15 is 0 Å². The summed E-state index contributed by atoms with van der Waals surface area (Å²) in [7, 11) is 1.43. The van der Waals surface area contributed by atoms with Crippen molar-refractivity contribution in [1.82, 2.24) is 4.98 Å². The van der Waals surface area contributed by atoms with Crippen molar-refractivity contribution in [2.24, 2.45) is 0 Å². The van der Waals surface area contributed by atoms with Crippen molar-refractivity contribution in [2.45, 2.75) is 5.03 Å². The van der Waals surface area contributed by atoms with Crippen LogP contribution in [0.2, 0.25) is 0 Å². The zero-order chi connectivity index (χ0) is 16.8. The van der Waals surface area contributed by atoms with Gasteiger partial charge in [-0.1, -0.05) is 0 Å². The van der Waals surface area contributed by atoms with Crippen molar-refractivity contribution < 1.29 is 75.2 Å². The number of ether oxygens (including phenoxy) is 1. The summed E-state index contributed by atoms with van der Waals surface area (Å²) < 4.78 is 18.3. The zero-order valence-electron chi connectivity index (χ0n) is 13.0. The van der Waals surface area contributed by atoms with E-state index in [2.05, 4.69) is 10.3 Å². The quantitative estimate of drug-likeness (QED) is 0.477. The third-order valence-electron chi connectivity index (χ3n) is 2.79. The van der Waals surface area contributed by atoms with Crippen LogP contribution in [-0.4, -0.2) is 29.7 Å². The van der Waals surface area contributed by atoms with Crippen LogP contribution in [0.25, 0.3) is 0 Å². The molecular weight excluding hydrogens is 362 g/mol. The Balaban J connectivity index is 0.00000288. The second-order valence-corrected chi connectivity index (χ2v) is 5.36. The van der Waals surface area contributed by atoms with E-state index in [0.29, 0.717) is 23.2 Å². The van der Waals surface area contributed by atoms with Crippen LogP contribution in [0.4, 0.5) is 10.1 Å². The molecule has 0 unspecified atom stereocenters. The number of halogens is 1. The van der Waals surface area contributed by atoms with E-state index in [9.17, 15) is 19.1 Å². The Morgan fingerprint density at radius 2 is 2.12 bits per heavy atom. The summed E-state index contributed by atoms with van der Waals surface area (Å²) in [6.45, 7) is -0.159. The smallest absolute Gasteiger partial charge is 0.545 e. The van der Waals surface area contributed by atoms with Crippen LogP contribution >= 0.6 is 11.8 Å². The third kappa shape index (κ3) is 5.83. The van der Waals surface area contributed by atoms with Gasteiger partial charge in [-0.15, -0.1) is 0 Å². The predicted molar refractivity (Wildman–Crippen MR) is 80.9 cm³/mol. The van der Waals surface area contributed by atoms with Crippen LogP contribution < -0.4 is 66.5 Å². The molecule has 0 aliphatic heterocycles. The fraction of sp³-hybridized carbons (Fsp3) is 0.133. The maximum Gasteiger partial charge on any atom is 1.00 e. The van der Waals surface area contributed by atoms with Crippen molar-refractivity contribution in [3.63, 3.8) is 0 Å². The summed E-state index contributed by atoms with van der Waals surface area (Å²) in [5, 5.41) is 13.4. The number of carbonyl (C=O) groups excluding carboxylic acids is 2. The molecule has 1 heterocycles. The number of thioether (sulfide) groups is 1. The number of hydrogen-bond donors (Lipinski definition) is 1. The number of benzene rings is 1. The number of carbonyl (C=O) groups is 2. The molecule has 0 aliphatic carbocycles. The number of rotatable bonds is 6. The molecule has 0 saturated heterocycles. The molecule has 0 atom stereocenters. The maximum atomic E-state index is 13.2. The Bertz CT molecular complexity index is 745. The fourth-order valence-corrected chi connectivity index (χ4v) is 2.49. The van der Waals surface area contributed by atoms with Gasteiger partial charge in [0.25, 0.3) is 0 Å². The number of nitrogens with one attached hydrogen (secondary N) is 1. The van der Waals surface area contributed by atoms with E-state index in [4.69, 9.17) is 4.74 Å². The Hall–Kier alpha value is -0.974. The Morgan fingerprint density at radius 1 is 1.38 bits per heavy atom. The molecule has 1 N–H and O–H groups in total. The second kappa shape index (κ2) is 10.1. The number of anilines is 1. The first-order chi connectivity index (χ1) is 11.0. The molecule has 120 valence electrons. The Labute approximate surface area is 184 Å². The summed E-state index contributed by atoms with van der Waals surface area (Å²) in [5.74, 6) is -1.50. The molecule has 6 nitrogen and oxygen atoms in total. The number of aromatic nitrogens is 1. The number of aromatic carboxylic acids is 1. The number of hydrogen-bond acceptors (Lipinski definition) is 7. The number of methoxy groups -OCH3 is 1. The van der Waals surface area contributed by atoms with Crippen molar-refractivity contribution in [2.75, 3.05) is 19.0 Å². The van der Waals surface area contributed by atoms with Crippen molar-refractivity contribution in [3.8, 4) is 5.75 Å². The minimum Gasteiger partial charge on any atom is -0.545 e. The minimum atomic E-state index is -1.41. The average Bonchev–Trinajstić information content (AvgIpc) is 2.53. The van der Waals surface area contributed by atoms with Crippen LogP contribution in [0, 0.1) is 5.82 Å². The molecule has 1 aromatic carbocycles. The molecular formula is C15H12FKN2O4S. The van der Waals surface area contributed by atoms with E-state index in [1.165, 1.54) is 43.6 Å². The second-order valence-electron chi connectivity index (χ2n) is 4.32. The molecule has 2 aromatic rings. The minimum absolute atomic E-state index is 0. The normalized spacial score (nSPS) is 9.75. The standard InChI is InChI=1S/C15H13FN2O4S.K/c1-22-12-5-4-9(16)7-11(12)18-8-13(19)23-14-10(15(20)21)3-2-6-17-14;/h2-7,18H,8H2,1H3,(H,20,21);/q;+1/p-1. The number of carboxylic acids is 1. The number of carboxylic acid groups (broad SMARTS) is 1. The van der Waals surface area contributed by atoms with Gasteiger partial charge < -0.3 is 20.0 Å². The van der Waals surface area contributed by atoms with E-state index in [-0.39, 0.29) is 68.5 Å². The van der Waals surface area contributed by atoms with Crippen LogP contribution in [0.1, 0.15) is 10.4 Å². The van der Waals surface area contributed by atoms with Gasteiger partial charge in [0.1, 0.15) is 16.6 Å². The molecule has 0 fully saturated rings. The molecule has 1 aromatic heterocycles. The van der Waals surface area contributed by atoms with Gasteiger partial charge in [0, 0.05) is 17.8 Å². The predicted octanol–water partition coefficient (Wildman–Crippen LogP) is -1.67. The monoisotopic (exact) mass is 374 g/mol. The van der Waals surface area contributed by atoms with Crippen LogP contribution in [0.3, 0.4) is 0 Å². The summed E-state index contributed by atoms with van der Waals surface area (Å²) in [4.78, 5) is 26.8. The zero-order valence-corrected chi connectivity index (χ0v) is 17.0. The van der Waals surface area contributed by atoms with Crippen LogP contribution in [0.15, 0.2) is 41.6 Å². The Kier molecular flexibility index (Phi) is 8.88. The molecule has 2 rings (SSSR count). The van der Waals surface area contributed by atoms with Gasteiger partial charge in [-0.05, 0) is 36.0 Å². The third-order valence-corrected chi connectivity index (χ3v) is 3.68. The van der Waals surface area contributed by atoms with Crippen molar-refractivity contribution >= 4 is 28.5 Å². The largest absolute Gasteiger partial charge is 1.00 e. The van der Waals surface area contributed by atoms with Crippen LogP contribution in [0.5, 0.6) is 5.75 Å². The molecule has 0 radical (unpaired) electrons. The fourth-order valence-electron chi connectivity index (χ4n) is 1.76. The SMILES string of the molecule is COc1ccc(F)cc1NCC(=O)Sc1ncccc1C(=O)[O-].[K+]. The van der Waals surface area contributed by atoms with Gasteiger partial charge in [0.05, 0.1) is 25.3 Å². The van der Waals surface area contributed by atoms with Gasteiger partial charge in [-0.3, -0.25) is 4.79 Å². The first kappa shape index (κ1) is 21.1. The average molecular weight is 374 g/mol. The summed E-state index contributed by atoms with van der Waals surface area (Å²) >= 11 is 0.668. The van der Waals surface area contributed by atoms with Gasteiger partial charge in [0.2, 0.25) is 5.12 Å². The molecule has 0 spiro atoms. The molecule has 0 saturated carbocycles. The van der Waals surface area contributed by atoms with Gasteiger partial charge in [-0.25, -0.2) is 9.37 Å².